The van der Waals surface area contributed by atoms with Gasteiger partial charge in [0.05, 0.1) is 19.3 Å². The third kappa shape index (κ3) is 14.9. The van der Waals surface area contributed by atoms with Gasteiger partial charge in [-0.15, -0.1) is 0 Å². The molecule has 55 heavy (non-hydrogen) atoms. The first-order valence-corrected chi connectivity index (χ1v) is 16.8. The minimum atomic E-state index is -1.88. The number of carbonyl (C=O) groups is 8. The topological polar surface area (TPSA) is 288 Å². The summed E-state index contributed by atoms with van der Waals surface area (Å²) in [4.78, 5) is 96.3. The monoisotopic (exact) mass is 796 g/mol. The molecule has 0 aromatic heterocycles. The maximum Gasteiger partial charge on any atom is 0.305 e. The van der Waals surface area contributed by atoms with Crippen LogP contribution in [0.2, 0.25) is 0 Å². The second-order valence-electron chi connectivity index (χ2n) is 12.4. The first-order valence-electron chi connectivity index (χ1n) is 16.8. The Labute approximate surface area is 315 Å². The van der Waals surface area contributed by atoms with Crippen LogP contribution in [0.15, 0.2) is 0 Å². The molecule has 0 amide bonds. The highest BCUT2D eigenvalue weighted by molar-refractivity contribution is 5.69. The highest BCUT2D eigenvalue weighted by atomic mass is 16.7. The van der Waals surface area contributed by atoms with Crippen LogP contribution in [0.1, 0.15) is 62.3 Å². The molecule has 0 bridgehead atoms. The molecule has 2 fully saturated rings. The van der Waals surface area contributed by atoms with Gasteiger partial charge < -0.3 is 67.1 Å². The highest BCUT2D eigenvalue weighted by Crippen LogP contribution is 2.32. The molecule has 22 nitrogen and oxygen atoms in total. The van der Waals surface area contributed by atoms with E-state index < -0.39 is 147 Å². The Kier molecular flexibility index (Phi) is 18.3. The molecule has 2 heterocycles. The largest absolute Gasteiger partial charge is 0.463 e. The fraction of sp³-hybridized carbons (Fsp3) is 0.758. The van der Waals surface area contributed by atoms with Gasteiger partial charge >= 0.3 is 47.8 Å². The number of aliphatic hydroxyl groups excluding tert-OH is 2. The molecule has 2 rings (SSSR count). The van der Waals surface area contributed by atoms with Crippen molar-refractivity contribution in [3.8, 4) is 0 Å². The Morgan fingerprint density at radius 2 is 0.945 bits per heavy atom. The van der Waals surface area contributed by atoms with Gasteiger partial charge in [-0.1, -0.05) is 0 Å². The number of rotatable bonds is 17. The normalized spacial score (nSPS) is 29.2. The number of carbonyl (C=O) groups excluding carboxylic acids is 8. The minimum absolute atomic E-state index is 0.560. The molecule has 1 unspecified atom stereocenters. The van der Waals surface area contributed by atoms with Crippen molar-refractivity contribution < 1.29 is 105 Å². The lowest BCUT2D eigenvalue weighted by molar-refractivity contribution is -0.320. The smallest absolute Gasteiger partial charge is 0.305 e. The Hall–Kier alpha value is -4.48. The second-order valence-corrected chi connectivity index (χ2v) is 12.4. The molecule has 2 saturated heterocycles. The lowest BCUT2D eigenvalue weighted by atomic mass is 9.94. The molecule has 0 spiro atoms. The molecule has 0 aromatic carbocycles. The van der Waals surface area contributed by atoms with Crippen LogP contribution >= 0.6 is 0 Å². The minimum Gasteiger partial charge on any atom is -0.463 e. The first-order chi connectivity index (χ1) is 25.6. The zero-order valence-corrected chi connectivity index (χ0v) is 31.7. The summed E-state index contributed by atoms with van der Waals surface area (Å²) in [6, 6.07) is 0. The van der Waals surface area contributed by atoms with E-state index in [-0.39, 0.29) is 0 Å². The first kappa shape index (κ1) is 46.7. The number of aliphatic hydroxyl groups is 2. The quantitative estimate of drug-likeness (QED) is 0.0942. The standard InChI is InChI=1S/C33H48O22/c1-13(34)26(47-15(3)36)33(53-21(9)42)46-12-23-29(50-18(6)39)31(52-20(8)41)28(49-17(5)38)22(54-23)11-45-32-25(43)30(51-19(7)40)27(48-16(4)37)24(55-32)10-44-14(2)35/h13,22-34,43H,10-12H2,1-9H3/t13-,22+,23-,24?,25+,26-,27+,28+,29-,30+,31-,32+,33+/m0/s1. The number of hydrogen-bond donors (Lipinski definition) is 2. The summed E-state index contributed by atoms with van der Waals surface area (Å²) in [7, 11) is 0. The Morgan fingerprint density at radius 3 is 1.38 bits per heavy atom. The van der Waals surface area contributed by atoms with Gasteiger partial charge in [-0.2, -0.15) is 0 Å². The predicted octanol–water partition coefficient (Wildman–Crippen LogP) is -1.70. The molecule has 0 aromatic rings. The second kappa shape index (κ2) is 21.6. The predicted molar refractivity (Wildman–Crippen MR) is 172 cm³/mol. The molecule has 22 heteroatoms. The number of hydrogen-bond acceptors (Lipinski definition) is 22. The molecule has 13 atom stereocenters. The van der Waals surface area contributed by atoms with Crippen molar-refractivity contribution >= 4 is 47.8 Å². The summed E-state index contributed by atoms with van der Waals surface area (Å²) in [6.45, 7) is 7.47. The Bertz CT molecular complexity index is 1380. The fourth-order valence-corrected chi connectivity index (χ4v) is 5.59. The van der Waals surface area contributed by atoms with Crippen LogP contribution in [0, 0.1) is 0 Å². The van der Waals surface area contributed by atoms with Crippen molar-refractivity contribution in [3.05, 3.63) is 0 Å². The van der Waals surface area contributed by atoms with Crippen LogP contribution in [0.4, 0.5) is 0 Å². The Balaban J connectivity index is 2.57. The van der Waals surface area contributed by atoms with Crippen molar-refractivity contribution in [2.24, 2.45) is 0 Å². The molecule has 0 aliphatic carbocycles. The number of ether oxygens (including phenoxy) is 12. The van der Waals surface area contributed by atoms with E-state index in [1.165, 1.54) is 6.92 Å². The maximum atomic E-state index is 12.4. The van der Waals surface area contributed by atoms with Crippen LogP contribution in [-0.2, 0) is 95.2 Å². The van der Waals surface area contributed by atoms with Gasteiger partial charge in [0.25, 0.3) is 0 Å². The molecular weight excluding hydrogens is 748 g/mol. The fourth-order valence-electron chi connectivity index (χ4n) is 5.59. The van der Waals surface area contributed by atoms with Crippen LogP contribution < -0.4 is 0 Å². The summed E-state index contributed by atoms with van der Waals surface area (Å²) in [6.07, 6.45) is -20.7. The molecule has 0 saturated carbocycles. The van der Waals surface area contributed by atoms with E-state index in [9.17, 15) is 48.6 Å². The number of esters is 8. The van der Waals surface area contributed by atoms with Crippen molar-refractivity contribution in [2.45, 2.75) is 142 Å². The molecule has 2 N–H and O–H groups in total. The zero-order chi connectivity index (χ0) is 41.7. The lowest BCUT2D eigenvalue weighted by Gasteiger charge is -2.46. The van der Waals surface area contributed by atoms with Gasteiger partial charge in [0, 0.05) is 55.4 Å². The molecule has 312 valence electrons. The summed E-state index contributed by atoms with van der Waals surface area (Å²) in [5.74, 6) is -7.06. The lowest BCUT2D eigenvalue weighted by Crippen LogP contribution is -2.65. The third-order valence-corrected chi connectivity index (χ3v) is 7.48. The van der Waals surface area contributed by atoms with Gasteiger partial charge in [-0.05, 0) is 6.92 Å². The maximum absolute atomic E-state index is 12.4. The van der Waals surface area contributed by atoms with E-state index in [4.69, 9.17) is 56.8 Å². The Morgan fingerprint density at radius 1 is 0.527 bits per heavy atom. The van der Waals surface area contributed by atoms with Gasteiger partial charge in [-0.25, -0.2) is 0 Å². The summed E-state index contributed by atoms with van der Waals surface area (Å²) in [5.41, 5.74) is 0. The highest BCUT2D eigenvalue weighted by Gasteiger charge is 2.54. The molecule has 2 aliphatic heterocycles. The summed E-state index contributed by atoms with van der Waals surface area (Å²) in [5, 5.41) is 21.5. The van der Waals surface area contributed by atoms with Gasteiger partial charge in [0.1, 0.15) is 31.0 Å². The SMILES string of the molecule is CC(=O)OCC1O[C@@H](OC[C@H]2O[C@@H](CO[C@H](OC(C)=O)[C@@H](OC(C)=O)[C@H](C)O)[C@H](OC(C)=O)[C@@H](OC(C)=O)[C@@H]2OC(C)=O)[C@H](O)[C@@H](OC(C)=O)[C@@H]1OC(C)=O. The van der Waals surface area contributed by atoms with Gasteiger partial charge in [-0.3, -0.25) is 38.4 Å². The van der Waals surface area contributed by atoms with Crippen LogP contribution in [0.3, 0.4) is 0 Å². The average Bonchev–Trinajstić information content (AvgIpc) is 3.03. The van der Waals surface area contributed by atoms with E-state index in [0.717, 1.165) is 55.4 Å². The summed E-state index contributed by atoms with van der Waals surface area (Å²) < 4.78 is 65.6. The van der Waals surface area contributed by atoms with Crippen molar-refractivity contribution in [1.82, 2.24) is 0 Å². The van der Waals surface area contributed by atoms with E-state index in [1.54, 1.807) is 0 Å². The molecule has 0 radical (unpaired) electrons. The van der Waals surface area contributed by atoms with E-state index in [1.807, 2.05) is 0 Å². The van der Waals surface area contributed by atoms with Crippen LogP contribution in [0.25, 0.3) is 0 Å². The van der Waals surface area contributed by atoms with Crippen molar-refractivity contribution in [3.63, 3.8) is 0 Å². The van der Waals surface area contributed by atoms with E-state index in [2.05, 4.69) is 0 Å². The van der Waals surface area contributed by atoms with Crippen molar-refractivity contribution in [1.29, 1.82) is 0 Å². The van der Waals surface area contributed by atoms with E-state index >= 15 is 0 Å². The summed E-state index contributed by atoms with van der Waals surface area (Å²) >= 11 is 0. The van der Waals surface area contributed by atoms with Crippen LogP contribution in [-0.4, -0.2) is 158 Å². The zero-order valence-electron chi connectivity index (χ0n) is 31.7. The molecule has 2 aliphatic rings. The van der Waals surface area contributed by atoms with Crippen molar-refractivity contribution in [2.75, 3.05) is 19.8 Å². The van der Waals surface area contributed by atoms with E-state index in [0.29, 0.717) is 0 Å². The van der Waals surface area contributed by atoms with Gasteiger partial charge in [0.15, 0.2) is 42.9 Å². The van der Waals surface area contributed by atoms with Gasteiger partial charge in [0.2, 0.25) is 6.29 Å². The van der Waals surface area contributed by atoms with Crippen LogP contribution in [0.5, 0.6) is 0 Å². The average molecular weight is 797 g/mol. The third-order valence-electron chi connectivity index (χ3n) is 7.48. The molecular formula is C33H48O22.